The molecule has 0 spiro atoms. The molecule has 1 N–H and O–H groups in total. The van der Waals surface area contributed by atoms with E-state index in [1.165, 1.54) is 32.2 Å². The average Bonchev–Trinajstić information content (AvgIpc) is 2.18. The van der Waals surface area contributed by atoms with Gasteiger partial charge in [-0.3, -0.25) is 4.90 Å². The normalized spacial score (nSPS) is 44.8. The van der Waals surface area contributed by atoms with Gasteiger partial charge in [0.1, 0.15) is 0 Å². The van der Waals surface area contributed by atoms with Crippen LogP contribution in [0.4, 0.5) is 0 Å². The summed E-state index contributed by atoms with van der Waals surface area (Å²) in [5.41, 5.74) is 0. The monoisotopic (exact) mass is 197 g/mol. The molecule has 14 heavy (non-hydrogen) atoms. The van der Waals surface area contributed by atoms with Crippen LogP contribution in [-0.4, -0.2) is 35.2 Å². The Morgan fingerprint density at radius 2 is 1.93 bits per heavy atom. The zero-order valence-electron chi connectivity index (χ0n) is 9.45. The highest BCUT2D eigenvalue weighted by Gasteiger charge is 2.37. The smallest absolute Gasteiger partial charge is 0.0586 e. The van der Waals surface area contributed by atoms with E-state index in [1.54, 1.807) is 0 Å². The first-order valence-electron chi connectivity index (χ1n) is 6.09. The highest BCUT2D eigenvalue weighted by molar-refractivity contribution is 4.91. The highest BCUT2D eigenvalue weighted by atomic mass is 16.3. The third-order valence-corrected chi connectivity index (χ3v) is 4.20. The van der Waals surface area contributed by atoms with Crippen LogP contribution in [0.2, 0.25) is 0 Å². The fourth-order valence-corrected chi connectivity index (χ4v) is 3.25. The molecule has 0 saturated carbocycles. The maximum Gasteiger partial charge on any atom is 0.0586 e. The van der Waals surface area contributed by atoms with Crippen molar-refractivity contribution < 1.29 is 5.11 Å². The molecular weight excluding hydrogens is 174 g/mol. The van der Waals surface area contributed by atoms with Gasteiger partial charge in [0.25, 0.3) is 0 Å². The molecule has 0 aromatic rings. The highest BCUT2D eigenvalue weighted by Crippen LogP contribution is 2.35. The summed E-state index contributed by atoms with van der Waals surface area (Å²) in [5.74, 6) is 1.66. The molecule has 0 bridgehead atoms. The number of hydrogen-bond donors (Lipinski definition) is 1. The fourth-order valence-electron chi connectivity index (χ4n) is 3.25. The summed E-state index contributed by atoms with van der Waals surface area (Å²) in [4.78, 5) is 2.59. The van der Waals surface area contributed by atoms with Gasteiger partial charge in [-0.15, -0.1) is 0 Å². The maximum atomic E-state index is 9.36. The minimum Gasteiger partial charge on any atom is -0.395 e. The Bertz CT molecular complexity index is 195. The fraction of sp³-hybridized carbons (Fsp3) is 1.00. The van der Waals surface area contributed by atoms with Crippen molar-refractivity contribution in [1.29, 1.82) is 0 Å². The van der Waals surface area contributed by atoms with E-state index in [4.69, 9.17) is 0 Å². The van der Waals surface area contributed by atoms with Crippen LogP contribution in [0, 0.1) is 11.8 Å². The third-order valence-electron chi connectivity index (χ3n) is 4.20. The summed E-state index contributed by atoms with van der Waals surface area (Å²) in [6.45, 7) is 6.28. The van der Waals surface area contributed by atoms with Crippen LogP contribution in [0.15, 0.2) is 0 Å². The Balaban J connectivity index is 2.07. The molecule has 2 aliphatic heterocycles. The van der Waals surface area contributed by atoms with Crippen LogP contribution in [-0.2, 0) is 0 Å². The zero-order chi connectivity index (χ0) is 10.1. The van der Waals surface area contributed by atoms with E-state index in [0.717, 1.165) is 17.9 Å². The second-order valence-electron chi connectivity index (χ2n) is 5.34. The third kappa shape index (κ3) is 1.82. The van der Waals surface area contributed by atoms with Gasteiger partial charge in [-0.25, -0.2) is 0 Å². The quantitative estimate of drug-likeness (QED) is 0.694. The van der Waals surface area contributed by atoms with Crippen molar-refractivity contribution in [2.75, 3.05) is 13.2 Å². The number of piperidine rings is 2. The van der Waals surface area contributed by atoms with Gasteiger partial charge in [-0.2, -0.15) is 0 Å². The van der Waals surface area contributed by atoms with Crippen molar-refractivity contribution in [2.45, 2.75) is 51.6 Å². The molecule has 2 aliphatic rings. The number of rotatable bonds is 1. The summed E-state index contributed by atoms with van der Waals surface area (Å²) in [6, 6.07) is 1.22. The molecule has 4 atom stereocenters. The van der Waals surface area contributed by atoms with Gasteiger partial charge in [0, 0.05) is 18.6 Å². The Labute approximate surface area is 87.3 Å². The van der Waals surface area contributed by atoms with E-state index >= 15 is 0 Å². The predicted molar refractivity (Wildman–Crippen MR) is 58.2 cm³/mol. The lowest BCUT2D eigenvalue weighted by atomic mass is 9.79. The van der Waals surface area contributed by atoms with E-state index in [2.05, 4.69) is 18.7 Å². The van der Waals surface area contributed by atoms with Gasteiger partial charge in [-0.05, 0) is 37.5 Å². The number of aliphatic hydroxyl groups excluding tert-OH is 1. The molecule has 2 rings (SSSR count). The van der Waals surface area contributed by atoms with Gasteiger partial charge in [0.15, 0.2) is 0 Å². The lowest BCUT2D eigenvalue weighted by molar-refractivity contribution is -0.0210. The Morgan fingerprint density at radius 1 is 1.14 bits per heavy atom. The number of hydrogen-bond acceptors (Lipinski definition) is 2. The standard InChI is InChI=1S/C12H23NO/c1-9-3-6-12-10(2)4-5-11(8-14)13(12)7-9/h9-12,14H,3-8H2,1-2H3. The minimum absolute atomic E-state index is 0.357. The van der Waals surface area contributed by atoms with E-state index in [9.17, 15) is 5.11 Å². The molecule has 0 aromatic heterocycles. The Kier molecular flexibility index (Phi) is 3.13. The maximum absolute atomic E-state index is 9.36. The molecule has 0 amide bonds. The molecule has 2 fully saturated rings. The number of fused-ring (bicyclic) bond motifs is 1. The second-order valence-corrected chi connectivity index (χ2v) is 5.34. The van der Waals surface area contributed by atoms with Crippen molar-refractivity contribution in [2.24, 2.45) is 11.8 Å². The average molecular weight is 197 g/mol. The van der Waals surface area contributed by atoms with Crippen molar-refractivity contribution in [3.8, 4) is 0 Å². The topological polar surface area (TPSA) is 23.5 Å². The van der Waals surface area contributed by atoms with Crippen LogP contribution in [0.1, 0.15) is 39.5 Å². The van der Waals surface area contributed by atoms with E-state index in [1.807, 2.05) is 0 Å². The molecule has 0 aliphatic carbocycles. The lowest BCUT2D eigenvalue weighted by Gasteiger charge is -2.49. The number of aliphatic hydroxyl groups is 1. The van der Waals surface area contributed by atoms with Crippen LogP contribution < -0.4 is 0 Å². The van der Waals surface area contributed by atoms with Gasteiger partial charge in [0.2, 0.25) is 0 Å². The second kappa shape index (κ2) is 4.19. The van der Waals surface area contributed by atoms with Crippen molar-refractivity contribution in [3.63, 3.8) is 0 Å². The lowest BCUT2D eigenvalue weighted by Crippen LogP contribution is -2.55. The van der Waals surface area contributed by atoms with Crippen molar-refractivity contribution in [3.05, 3.63) is 0 Å². The summed E-state index contributed by atoms with van der Waals surface area (Å²) >= 11 is 0. The van der Waals surface area contributed by atoms with E-state index in [0.29, 0.717) is 12.6 Å². The summed E-state index contributed by atoms with van der Waals surface area (Å²) in [5, 5.41) is 9.36. The molecule has 2 heteroatoms. The van der Waals surface area contributed by atoms with Crippen molar-refractivity contribution >= 4 is 0 Å². The number of nitrogens with zero attached hydrogens (tertiary/aromatic N) is 1. The van der Waals surface area contributed by atoms with E-state index < -0.39 is 0 Å². The van der Waals surface area contributed by atoms with Gasteiger partial charge in [0.05, 0.1) is 6.61 Å². The first-order chi connectivity index (χ1) is 6.72. The summed E-state index contributed by atoms with van der Waals surface area (Å²) in [6.07, 6.45) is 5.23. The zero-order valence-corrected chi connectivity index (χ0v) is 9.45. The molecule has 2 heterocycles. The Morgan fingerprint density at radius 3 is 2.64 bits per heavy atom. The van der Waals surface area contributed by atoms with Gasteiger partial charge < -0.3 is 5.11 Å². The summed E-state index contributed by atoms with van der Waals surface area (Å²) in [7, 11) is 0. The molecule has 2 nitrogen and oxygen atoms in total. The van der Waals surface area contributed by atoms with Crippen molar-refractivity contribution in [1.82, 2.24) is 4.90 Å². The minimum atomic E-state index is 0.357. The van der Waals surface area contributed by atoms with Crippen LogP contribution in [0.25, 0.3) is 0 Å². The molecule has 2 saturated heterocycles. The van der Waals surface area contributed by atoms with Crippen LogP contribution >= 0.6 is 0 Å². The molecule has 0 aromatic carbocycles. The molecule has 82 valence electrons. The van der Waals surface area contributed by atoms with Crippen LogP contribution in [0.5, 0.6) is 0 Å². The first-order valence-corrected chi connectivity index (χ1v) is 6.09. The predicted octanol–water partition coefficient (Wildman–Crippen LogP) is 1.88. The SMILES string of the molecule is CC1CCC2C(C)CCC(CO)N2C1. The summed E-state index contributed by atoms with van der Waals surface area (Å²) < 4.78 is 0. The molecule has 0 radical (unpaired) electrons. The first kappa shape index (κ1) is 10.4. The largest absolute Gasteiger partial charge is 0.395 e. The Hall–Kier alpha value is -0.0800. The molecule has 4 unspecified atom stereocenters. The van der Waals surface area contributed by atoms with E-state index in [-0.39, 0.29) is 0 Å². The molecular formula is C12H23NO. The van der Waals surface area contributed by atoms with Gasteiger partial charge >= 0.3 is 0 Å². The van der Waals surface area contributed by atoms with Gasteiger partial charge in [-0.1, -0.05) is 13.8 Å². The van der Waals surface area contributed by atoms with Crippen LogP contribution in [0.3, 0.4) is 0 Å².